The smallest absolute Gasteiger partial charge is 0.254 e. The second-order valence-electron chi connectivity index (χ2n) is 6.86. The molecule has 0 atom stereocenters. The quantitative estimate of drug-likeness (QED) is 0.751. The Balaban J connectivity index is 1.51. The predicted octanol–water partition coefficient (Wildman–Crippen LogP) is 3.01. The van der Waals surface area contributed by atoms with Crippen LogP contribution >= 0.6 is 11.6 Å². The zero-order valence-corrected chi connectivity index (χ0v) is 16.3. The molecule has 1 aliphatic carbocycles. The number of nitrogens with one attached hydrogen (secondary N) is 2. The van der Waals surface area contributed by atoms with Gasteiger partial charge in [0.15, 0.2) is 0 Å². The molecule has 6 nitrogen and oxygen atoms in total. The molecule has 0 aromatic heterocycles. The minimum Gasteiger partial charge on any atom is -0.345 e. The summed E-state index contributed by atoms with van der Waals surface area (Å²) in [6.07, 6.45) is 1.75. The summed E-state index contributed by atoms with van der Waals surface area (Å²) in [5, 5.41) is 5.84. The van der Waals surface area contributed by atoms with Crippen LogP contribution in [0.15, 0.2) is 48.5 Å². The van der Waals surface area contributed by atoms with Crippen LogP contribution in [0.25, 0.3) is 0 Å². The molecule has 3 rings (SSSR count). The number of benzene rings is 2. The van der Waals surface area contributed by atoms with Crippen molar-refractivity contribution in [3.05, 3.63) is 64.7 Å². The third-order valence-electron chi connectivity index (χ3n) is 4.44. The van der Waals surface area contributed by atoms with Gasteiger partial charge < -0.3 is 15.5 Å². The van der Waals surface area contributed by atoms with E-state index in [2.05, 4.69) is 10.6 Å². The lowest BCUT2D eigenvalue weighted by molar-refractivity contribution is -0.124. The average molecular weight is 400 g/mol. The van der Waals surface area contributed by atoms with Crippen molar-refractivity contribution in [1.82, 2.24) is 10.2 Å². The second-order valence-corrected chi connectivity index (χ2v) is 7.30. The van der Waals surface area contributed by atoms with Crippen LogP contribution in [0, 0.1) is 6.92 Å². The lowest BCUT2D eigenvalue weighted by Crippen LogP contribution is -2.43. The monoisotopic (exact) mass is 399 g/mol. The van der Waals surface area contributed by atoms with E-state index in [1.54, 1.807) is 41.3 Å². The Hall–Kier alpha value is -2.86. The molecule has 0 heterocycles. The van der Waals surface area contributed by atoms with E-state index in [9.17, 15) is 14.4 Å². The van der Waals surface area contributed by atoms with Gasteiger partial charge in [-0.05, 0) is 56.2 Å². The molecule has 1 fully saturated rings. The third kappa shape index (κ3) is 5.57. The number of anilines is 1. The van der Waals surface area contributed by atoms with Gasteiger partial charge in [0, 0.05) is 22.3 Å². The maximum atomic E-state index is 12.7. The number of carbonyl (C=O) groups is 3. The third-order valence-corrected chi connectivity index (χ3v) is 4.69. The van der Waals surface area contributed by atoms with Crippen molar-refractivity contribution in [2.24, 2.45) is 0 Å². The van der Waals surface area contributed by atoms with E-state index in [1.807, 2.05) is 19.1 Å². The molecule has 1 aliphatic rings. The molecule has 7 heteroatoms. The van der Waals surface area contributed by atoms with Gasteiger partial charge in [0.05, 0.1) is 6.54 Å². The first-order valence-corrected chi connectivity index (χ1v) is 9.50. The van der Waals surface area contributed by atoms with Crippen LogP contribution in [0.5, 0.6) is 0 Å². The molecule has 2 aromatic carbocycles. The maximum absolute atomic E-state index is 12.7. The highest BCUT2D eigenvalue weighted by Gasteiger charge is 2.34. The first-order chi connectivity index (χ1) is 13.4. The minimum absolute atomic E-state index is 0.0651. The molecule has 146 valence electrons. The fraction of sp³-hybridized carbons (Fsp3) is 0.286. The van der Waals surface area contributed by atoms with Gasteiger partial charge in [-0.15, -0.1) is 0 Å². The van der Waals surface area contributed by atoms with E-state index < -0.39 is 0 Å². The van der Waals surface area contributed by atoms with Crippen LogP contribution in [0.2, 0.25) is 5.02 Å². The average Bonchev–Trinajstić information content (AvgIpc) is 3.51. The summed E-state index contributed by atoms with van der Waals surface area (Å²) in [5.74, 6) is -0.897. The molecule has 0 unspecified atom stereocenters. The number of carbonyl (C=O) groups excluding carboxylic acids is 3. The van der Waals surface area contributed by atoms with Crippen molar-refractivity contribution < 1.29 is 14.4 Å². The second kappa shape index (κ2) is 8.89. The Kier molecular flexibility index (Phi) is 6.31. The molecule has 0 saturated heterocycles. The van der Waals surface area contributed by atoms with Gasteiger partial charge in [0.25, 0.3) is 5.91 Å². The van der Waals surface area contributed by atoms with Gasteiger partial charge in [0.1, 0.15) is 6.54 Å². The number of rotatable bonds is 7. The fourth-order valence-electron chi connectivity index (χ4n) is 2.74. The molecule has 0 bridgehead atoms. The standard InChI is InChI=1S/C21H22ClN3O3/c1-14-2-8-17(9-3-14)24-19(26)12-23-20(27)13-25(18-10-11-18)21(28)15-4-6-16(22)7-5-15/h2-9,18H,10-13H2,1H3,(H,23,27)(H,24,26). The van der Waals surface area contributed by atoms with Crippen molar-refractivity contribution in [2.45, 2.75) is 25.8 Å². The van der Waals surface area contributed by atoms with Crippen molar-refractivity contribution in [3.63, 3.8) is 0 Å². The van der Waals surface area contributed by atoms with Gasteiger partial charge in [0.2, 0.25) is 11.8 Å². The number of hydrogen-bond donors (Lipinski definition) is 2. The number of amides is 3. The summed E-state index contributed by atoms with van der Waals surface area (Å²) in [7, 11) is 0. The molecule has 2 aromatic rings. The molecule has 0 radical (unpaired) electrons. The molecular weight excluding hydrogens is 378 g/mol. The van der Waals surface area contributed by atoms with Gasteiger partial charge in [-0.25, -0.2) is 0 Å². The Labute approximate surface area is 168 Å². The molecule has 1 saturated carbocycles. The largest absolute Gasteiger partial charge is 0.345 e. The number of nitrogens with zero attached hydrogens (tertiary/aromatic N) is 1. The number of aryl methyl sites for hydroxylation is 1. The molecule has 28 heavy (non-hydrogen) atoms. The summed E-state index contributed by atoms with van der Waals surface area (Å²) in [4.78, 5) is 38.5. The van der Waals surface area contributed by atoms with Crippen LogP contribution in [0.3, 0.4) is 0 Å². The number of hydrogen-bond acceptors (Lipinski definition) is 3. The highest BCUT2D eigenvalue weighted by molar-refractivity contribution is 6.30. The highest BCUT2D eigenvalue weighted by atomic mass is 35.5. The van der Waals surface area contributed by atoms with Crippen LogP contribution in [0.4, 0.5) is 5.69 Å². The number of halogens is 1. The topological polar surface area (TPSA) is 78.5 Å². The normalized spacial score (nSPS) is 12.9. The molecule has 3 amide bonds. The van der Waals surface area contributed by atoms with E-state index in [0.29, 0.717) is 16.3 Å². The summed E-state index contributed by atoms with van der Waals surface area (Å²) >= 11 is 5.86. The molecule has 0 aliphatic heterocycles. The van der Waals surface area contributed by atoms with Crippen LogP contribution in [0.1, 0.15) is 28.8 Å². The van der Waals surface area contributed by atoms with Gasteiger partial charge in [-0.3, -0.25) is 14.4 Å². The summed E-state index contributed by atoms with van der Waals surface area (Å²) in [5.41, 5.74) is 2.25. The molecular formula is C21H22ClN3O3. The van der Waals surface area contributed by atoms with E-state index in [4.69, 9.17) is 11.6 Å². The van der Waals surface area contributed by atoms with Crippen LogP contribution in [-0.4, -0.2) is 41.8 Å². The Morgan fingerprint density at radius 1 is 1.00 bits per heavy atom. The predicted molar refractivity (Wildman–Crippen MR) is 108 cm³/mol. The lowest BCUT2D eigenvalue weighted by atomic mass is 10.2. The van der Waals surface area contributed by atoms with Crippen molar-refractivity contribution in [2.75, 3.05) is 18.4 Å². The summed E-state index contributed by atoms with van der Waals surface area (Å²) in [6, 6.07) is 14.0. The van der Waals surface area contributed by atoms with Crippen LogP contribution < -0.4 is 10.6 Å². The highest BCUT2D eigenvalue weighted by Crippen LogP contribution is 2.28. The first-order valence-electron chi connectivity index (χ1n) is 9.12. The zero-order chi connectivity index (χ0) is 20.1. The van der Waals surface area contributed by atoms with Crippen LogP contribution in [-0.2, 0) is 9.59 Å². The van der Waals surface area contributed by atoms with Gasteiger partial charge in [-0.1, -0.05) is 29.3 Å². The van der Waals surface area contributed by atoms with E-state index in [0.717, 1.165) is 18.4 Å². The maximum Gasteiger partial charge on any atom is 0.254 e. The zero-order valence-electron chi connectivity index (χ0n) is 15.6. The minimum atomic E-state index is -0.367. The fourth-order valence-corrected chi connectivity index (χ4v) is 2.87. The SMILES string of the molecule is Cc1ccc(NC(=O)CNC(=O)CN(C(=O)c2ccc(Cl)cc2)C2CC2)cc1. The van der Waals surface area contributed by atoms with E-state index in [1.165, 1.54) is 0 Å². The Bertz CT molecular complexity index is 861. The molecule has 2 N–H and O–H groups in total. The lowest BCUT2D eigenvalue weighted by Gasteiger charge is -2.22. The first kappa shape index (κ1) is 19.9. The van der Waals surface area contributed by atoms with Crippen molar-refractivity contribution >= 4 is 35.0 Å². The van der Waals surface area contributed by atoms with Crippen molar-refractivity contribution in [1.29, 1.82) is 0 Å². The summed E-state index contributed by atoms with van der Waals surface area (Å²) in [6.45, 7) is 1.73. The van der Waals surface area contributed by atoms with Gasteiger partial charge in [-0.2, -0.15) is 0 Å². The van der Waals surface area contributed by atoms with E-state index >= 15 is 0 Å². The van der Waals surface area contributed by atoms with E-state index in [-0.39, 0.29) is 36.9 Å². The van der Waals surface area contributed by atoms with Gasteiger partial charge >= 0.3 is 0 Å². The Morgan fingerprint density at radius 2 is 1.64 bits per heavy atom. The molecule has 0 spiro atoms. The Morgan fingerprint density at radius 3 is 2.25 bits per heavy atom. The van der Waals surface area contributed by atoms with Crippen molar-refractivity contribution in [3.8, 4) is 0 Å². The summed E-state index contributed by atoms with van der Waals surface area (Å²) < 4.78 is 0.